The standard InChI is InChI=1S/C2H3F4N/c3-2(4,5)1-7-6/h7H,1H2. The SMILES string of the molecule is FNCC(F)(F)F. The number of rotatable bonds is 1. The molecule has 0 spiro atoms. The van der Waals surface area contributed by atoms with Gasteiger partial charge < -0.3 is 0 Å². The molecule has 0 rings (SSSR count). The first kappa shape index (κ1) is 6.68. The van der Waals surface area contributed by atoms with Crippen LogP contribution in [-0.2, 0) is 0 Å². The minimum atomic E-state index is -4.44. The van der Waals surface area contributed by atoms with Gasteiger partial charge in [-0.25, -0.2) is 0 Å². The number of halogens is 4. The van der Waals surface area contributed by atoms with E-state index >= 15 is 0 Å². The fourth-order valence-electron chi connectivity index (χ4n) is 0.0758. The van der Waals surface area contributed by atoms with E-state index in [4.69, 9.17) is 0 Å². The molecule has 5 heteroatoms. The molecule has 44 valence electrons. The van der Waals surface area contributed by atoms with Crippen molar-refractivity contribution >= 4 is 0 Å². The highest BCUT2D eigenvalue weighted by molar-refractivity contribution is 4.46. The summed E-state index contributed by atoms with van der Waals surface area (Å²) in [7, 11) is 0. The molecule has 0 saturated carbocycles. The van der Waals surface area contributed by atoms with Gasteiger partial charge in [-0.1, -0.05) is 0 Å². The van der Waals surface area contributed by atoms with Gasteiger partial charge in [-0.15, -0.1) is 4.48 Å². The van der Waals surface area contributed by atoms with Crippen LogP contribution in [-0.4, -0.2) is 12.7 Å². The van der Waals surface area contributed by atoms with E-state index < -0.39 is 12.7 Å². The molecule has 0 aromatic rings. The van der Waals surface area contributed by atoms with E-state index in [-0.39, 0.29) is 0 Å². The fourth-order valence-corrected chi connectivity index (χ4v) is 0.0758. The molecule has 0 amide bonds. The Balaban J connectivity index is 3.15. The number of hydrogen-bond donors (Lipinski definition) is 1. The average molecular weight is 117 g/mol. The van der Waals surface area contributed by atoms with Gasteiger partial charge in [0.2, 0.25) is 0 Å². The zero-order valence-electron chi connectivity index (χ0n) is 3.22. The summed E-state index contributed by atoms with van der Waals surface area (Å²) in [5.41, 5.74) is 0.483. The number of hydrogen-bond acceptors (Lipinski definition) is 1. The Bertz CT molecular complexity index is 48.1. The molecule has 7 heavy (non-hydrogen) atoms. The van der Waals surface area contributed by atoms with Gasteiger partial charge in [0.25, 0.3) is 0 Å². The normalized spacial score (nSPS) is 12.0. The lowest BCUT2D eigenvalue weighted by molar-refractivity contribution is -0.132. The maximum absolute atomic E-state index is 10.8. The molecule has 0 bridgehead atoms. The van der Waals surface area contributed by atoms with Gasteiger partial charge in [0.15, 0.2) is 0 Å². The summed E-state index contributed by atoms with van der Waals surface area (Å²) in [6.45, 7) is -1.58. The molecule has 0 aliphatic rings. The van der Waals surface area contributed by atoms with Crippen molar-refractivity contribution in [3.63, 3.8) is 0 Å². The highest BCUT2D eigenvalue weighted by Crippen LogP contribution is 2.11. The van der Waals surface area contributed by atoms with Crippen LogP contribution in [0.2, 0.25) is 0 Å². The van der Waals surface area contributed by atoms with Crippen LogP contribution in [0.3, 0.4) is 0 Å². The smallest absolute Gasteiger partial charge is 0.170 e. The number of alkyl halides is 3. The van der Waals surface area contributed by atoms with E-state index in [9.17, 15) is 17.7 Å². The van der Waals surface area contributed by atoms with Crippen LogP contribution in [0.1, 0.15) is 0 Å². The second-order valence-electron chi connectivity index (χ2n) is 0.926. The predicted octanol–water partition coefficient (Wildman–Crippen LogP) is 1.02. The average Bonchev–Trinajstić information content (AvgIpc) is 1.30. The molecule has 0 radical (unpaired) electrons. The molecule has 1 N–H and O–H groups in total. The largest absolute Gasteiger partial charge is 0.403 e. The maximum Gasteiger partial charge on any atom is 0.403 e. The van der Waals surface area contributed by atoms with Crippen molar-refractivity contribution in [2.24, 2.45) is 0 Å². The minimum Gasteiger partial charge on any atom is -0.170 e. The van der Waals surface area contributed by atoms with Gasteiger partial charge in [0.1, 0.15) is 6.54 Å². The lowest BCUT2D eigenvalue weighted by Crippen LogP contribution is -2.22. The summed E-state index contributed by atoms with van der Waals surface area (Å²) < 4.78 is 42.8. The van der Waals surface area contributed by atoms with Crippen molar-refractivity contribution in [2.75, 3.05) is 6.54 Å². The third kappa shape index (κ3) is 5.68. The van der Waals surface area contributed by atoms with E-state index in [0.717, 1.165) is 0 Å². The zero-order chi connectivity index (χ0) is 5.91. The molecule has 0 atom stereocenters. The van der Waals surface area contributed by atoms with E-state index in [2.05, 4.69) is 0 Å². The molecule has 0 aromatic heterocycles. The Labute approximate surface area is 37.3 Å². The van der Waals surface area contributed by atoms with E-state index in [0.29, 0.717) is 5.54 Å². The Kier molecular flexibility index (Phi) is 2.01. The molecule has 0 aliphatic carbocycles. The quantitative estimate of drug-likeness (QED) is 0.399. The summed E-state index contributed by atoms with van der Waals surface area (Å²) in [6.07, 6.45) is -4.44. The summed E-state index contributed by atoms with van der Waals surface area (Å²) in [5.74, 6) is 0. The lowest BCUT2D eigenvalue weighted by atomic mass is 10.7. The van der Waals surface area contributed by atoms with Crippen molar-refractivity contribution < 1.29 is 17.7 Å². The molecule has 0 heterocycles. The fraction of sp³-hybridized carbons (Fsp3) is 1.00. The van der Waals surface area contributed by atoms with E-state index in [1.807, 2.05) is 0 Å². The van der Waals surface area contributed by atoms with Gasteiger partial charge in [0.05, 0.1) is 0 Å². The first-order valence-electron chi connectivity index (χ1n) is 1.46. The van der Waals surface area contributed by atoms with Gasteiger partial charge in [-0.05, 0) is 0 Å². The van der Waals surface area contributed by atoms with Crippen LogP contribution in [0.4, 0.5) is 17.7 Å². The van der Waals surface area contributed by atoms with Gasteiger partial charge in [-0.2, -0.15) is 18.7 Å². The monoisotopic (exact) mass is 117 g/mol. The van der Waals surface area contributed by atoms with Gasteiger partial charge >= 0.3 is 6.18 Å². The zero-order valence-corrected chi connectivity index (χ0v) is 3.22. The Morgan fingerprint density at radius 3 is 1.71 bits per heavy atom. The Morgan fingerprint density at radius 2 is 1.71 bits per heavy atom. The molecule has 1 nitrogen and oxygen atoms in total. The van der Waals surface area contributed by atoms with Crippen molar-refractivity contribution in [1.29, 1.82) is 0 Å². The summed E-state index contributed by atoms with van der Waals surface area (Å²) in [5, 5.41) is 0. The summed E-state index contributed by atoms with van der Waals surface area (Å²) >= 11 is 0. The highest BCUT2D eigenvalue weighted by atomic mass is 19.4. The van der Waals surface area contributed by atoms with Crippen LogP contribution in [0.15, 0.2) is 0 Å². The van der Waals surface area contributed by atoms with Gasteiger partial charge in [0, 0.05) is 0 Å². The van der Waals surface area contributed by atoms with E-state index in [1.165, 1.54) is 0 Å². The summed E-state index contributed by atoms with van der Waals surface area (Å²) in [4.78, 5) is 0. The first-order chi connectivity index (χ1) is 3.06. The van der Waals surface area contributed by atoms with Crippen molar-refractivity contribution in [3.05, 3.63) is 0 Å². The van der Waals surface area contributed by atoms with Gasteiger partial charge in [-0.3, -0.25) is 0 Å². The minimum absolute atomic E-state index is 0.483. The van der Waals surface area contributed by atoms with Crippen LogP contribution in [0.25, 0.3) is 0 Å². The van der Waals surface area contributed by atoms with Crippen molar-refractivity contribution in [3.8, 4) is 0 Å². The van der Waals surface area contributed by atoms with Crippen LogP contribution >= 0.6 is 0 Å². The van der Waals surface area contributed by atoms with Crippen molar-refractivity contribution in [2.45, 2.75) is 6.18 Å². The topological polar surface area (TPSA) is 12.0 Å². The molecular weight excluding hydrogens is 114 g/mol. The maximum atomic E-state index is 10.8. The third-order valence-electron chi connectivity index (χ3n) is 0.267. The lowest BCUT2D eigenvalue weighted by Gasteiger charge is -1.99. The Morgan fingerprint density at radius 1 is 1.29 bits per heavy atom. The second-order valence-corrected chi connectivity index (χ2v) is 0.926. The van der Waals surface area contributed by atoms with E-state index in [1.54, 1.807) is 0 Å². The predicted molar refractivity (Wildman–Crippen MR) is 15.2 cm³/mol. The molecule has 0 aromatic carbocycles. The number of nitrogens with one attached hydrogen (secondary N) is 1. The molecular formula is C2H3F4N. The first-order valence-corrected chi connectivity index (χ1v) is 1.46. The van der Waals surface area contributed by atoms with Crippen LogP contribution in [0, 0.1) is 0 Å². The molecule has 0 unspecified atom stereocenters. The Hall–Kier alpha value is -0.320. The second kappa shape index (κ2) is 2.11. The van der Waals surface area contributed by atoms with Crippen LogP contribution in [0.5, 0.6) is 0 Å². The third-order valence-corrected chi connectivity index (χ3v) is 0.267. The molecule has 0 aliphatic heterocycles. The van der Waals surface area contributed by atoms with Crippen molar-refractivity contribution in [1.82, 2.24) is 5.54 Å². The molecule has 0 fully saturated rings. The highest BCUT2D eigenvalue weighted by Gasteiger charge is 2.26. The van der Waals surface area contributed by atoms with Crippen LogP contribution < -0.4 is 5.54 Å². The molecule has 0 saturated heterocycles. The summed E-state index contributed by atoms with van der Waals surface area (Å²) in [6, 6.07) is 0.